The van der Waals surface area contributed by atoms with E-state index in [0.717, 1.165) is 77.0 Å². The Kier molecular flexibility index (Phi) is 21.9. The smallest absolute Gasteiger partial charge is 0.306 e. The monoisotopic (exact) mass is 774 g/mol. The molecule has 1 fully saturated rings. The molecule has 310 valence electrons. The Hall–Kier alpha value is -3.00. The lowest BCUT2D eigenvalue weighted by molar-refractivity contribution is -0.305. The topological polar surface area (TPSA) is 186 Å². The Morgan fingerprint density at radius 1 is 0.709 bits per heavy atom. The van der Waals surface area contributed by atoms with Crippen molar-refractivity contribution in [3.8, 4) is 0 Å². The maximum absolute atomic E-state index is 12.9. The molecule has 0 unspecified atom stereocenters. The van der Waals surface area contributed by atoms with E-state index in [0.29, 0.717) is 12.8 Å². The van der Waals surface area contributed by atoms with E-state index in [4.69, 9.17) is 18.9 Å². The van der Waals surface area contributed by atoms with Crippen molar-refractivity contribution in [1.29, 1.82) is 0 Å². The van der Waals surface area contributed by atoms with E-state index in [-0.39, 0.29) is 61.3 Å². The summed E-state index contributed by atoms with van der Waals surface area (Å²) >= 11 is 0. The van der Waals surface area contributed by atoms with Crippen LogP contribution in [0.5, 0.6) is 0 Å². The molecule has 0 spiro atoms. The molecule has 2 aliphatic carbocycles. The number of ketones is 2. The summed E-state index contributed by atoms with van der Waals surface area (Å²) in [6.45, 7) is 2.89. The van der Waals surface area contributed by atoms with Crippen LogP contribution in [0.4, 0.5) is 0 Å². The van der Waals surface area contributed by atoms with Crippen LogP contribution < -0.4 is 0 Å². The van der Waals surface area contributed by atoms with Gasteiger partial charge in [-0.2, -0.15) is 0 Å². The number of rotatable bonds is 27. The van der Waals surface area contributed by atoms with Crippen molar-refractivity contribution in [2.45, 2.75) is 153 Å². The molecule has 0 amide bonds. The number of hydrogen-bond acceptors (Lipinski definition) is 12. The molecule has 3 rings (SSSR count). The van der Waals surface area contributed by atoms with Gasteiger partial charge in [0.1, 0.15) is 31.0 Å². The third-order valence-electron chi connectivity index (χ3n) is 10.7. The van der Waals surface area contributed by atoms with Gasteiger partial charge in [0.05, 0.1) is 13.2 Å². The number of ether oxygens (including phenoxy) is 4. The van der Waals surface area contributed by atoms with Crippen LogP contribution in [-0.4, -0.2) is 101 Å². The molecular weight excluding hydrogens is 708 g/mol. The molecule has 0 saturated carbocycles. The first-order valence-electron chi connectivity index (χ1n) is 20.6. The average molecular weight is 775 g/mol. The summed E-state index contributed by atoms with van der Waals surface area (Å²) < 4.78 is 22.1. The van der Waals surface area contributed by atoms with Crippen LogP contribution in [0.25, 0.3) is 0 Å². The minimum absolute atomic E-state index is 0.0236. The zero-order valence-corrected chi connectivity index (χ0v) is 32.9. The van der Waals surface area contributed by atoms with Gasteiger partial charge in [-0.15, -0.1) is 0 Å². The zero-order valence-electron chi connectivity index (χ0n) is 32.9. The third-order valence-corrected chi connectivity index (χ3v) is 10.7. The lowest BCUT2D eigenvalue weighted by Crippen LogP contribution is -2.59. The van der Waals surface area contributed by atoms with Gasteiger partial charge in [-0.25, -0.2) is 0 Å². The summed E-state index contributed by atoms with van der Waals surface area (Å²) in [4.78, 5) is 50.0. The minimum Gasteiger partial charge on any atom is -0.462 e. The quantitative estimate of drug-likeness (QED) is 0.0474. The molecule has 10 atom stereocenters. The Bertz CT molecular complexity index is 1290. The highest BCUT2D eigenvalue weighted by molar-refractivity contribution is 5.95. The molecule has 12 heteroatoms. The van der Waals surface area contributed by atoms with Crippen molar-refractivity contribution >= 4 is 23.5 Å². The molecule has 1 saturated heterocycles. The summed E-state index contributed by atoms with van der Waals surface area (Å²) in [5.74, 6) is -0.0779. The molecular formula is C43H66O12. The first-order chi connectivity index (χ1) is 26.6. The SMILES string of the molecule is CC/C=C\C[C@H]1C(=O)C=C[C@H]1CCCCCCCC(=O)OC[C@H](CO[C@@H]1O[C@H](CO)[C@H](O)[C@H](O)[C@H]1O)OC(=O)CCCCC[C@@H]1C=CC(=O)[C@@H]1C/C=C\CC. The maximum atomic E-state index is 12.9. The number of aliphatic hydroxyl groups excluding tert-OH is 4. The van der Waals surface area contributed by atoms with Gasteiger partial charge < -0.3 is 39.4 Å². The Balaban J connectivity index is 1.39. The second-order valence-corrected chi connectivity index (χ2v) is 15.0. The molecule has 1 aliphatic heterocycles. The van der Waals surface area contributed by atoms with Gasteiger partial charge in [0.25, 0.3) is 0 Å². The minimum atomic E-state index is -1.63. The van der Waals surface area contributed by atoms with Gasteiger partial charge in [0, 0.05) is 24.7 Å². The maximum Gasteiger partial charge on any atom is 0.306 e. The number of aliphatic hydroxyl groups is 4. The largest absolute Gasteiger partial charge is 0.462 e. The summed E-state index contributed by atoms with van der Waals surface area (Å²) in [6, 6.07) is 0. The van der Waals surface area contributed by atoms with E-state index in [1.807, 2.05) is 12.2 Å². The van der Waals surface area contributed by atoms with Crippen LogP contribution in [-0.2, 0) is 38.1 Å². The number of unbranched alkanes of at least 4 members (excludes halogenated alkanes) is 6. The number of carbonyl (C=O) groups is 4. The predicted octanol–water partition coefficient (Wildman–Crippen LogP) is 5.39. The van der Waals surface area contributed by atoms with E-state index in [1.54, 1.807) is 12.2 Å². The van der Waals surface area contributed by atoms with E-state index in [9.17, 15) is 39.6 Å². The molecule has 0 aromatic heterocycles. The van der Waals surface area contributed by atoms with Crippen LogP contribution >= 0.6 is 0 Å². The zero-order chi connectivity index (χ0) is 40.0. The summed E-state index contributed by atoms with van der Waals surface area (Å²) in [6.07, 6.45) is 19.5. The highest BCUT2D eigenvalue weighted by Crippen LogP contribution is 2.32. The van der Waals surface area contributed by atoms with Crippen LogP contribution in [0, 0.1) is 23.7 Å². The van der Waals surface area contributed by atoms with Crippen LogP contribution in [0.2, 0.25) is 0 Å². The molecule has 3 aliphatic rings. The second-order valence-electron chi connectivity index (χ2n) is 15.0. The number of esters is 2. The molecule has 1 heterocycles. The molecule has 0 bridgehead atoms. The second kappa shape index (κ2) is 26.0. The normalized spacial score (nSPS) is 28.5. The Morgan fingerprint density at radius 3 is 1.80 bits per heavy atom. The molecule has 0 radical (unpaired) electrons. The van der Waals surface area contributed by atoms with Crippen LogP contribution in [0.3, 0.4) is 0 Å². The molecule has 0 aromatic carbocycles. The lowest BCUT2D eigenvalue weighted by Gasteiger charge is -2.39. The molecule has 0 aromatic rings. The number of allylic oxidation sites excluding steroid dienone is 8. The predicted molar refractivity (Wildman–Crippen MR) is 206 cm³/mol. The lowest BCUT2D eigenvalue weighted by atomic mass is 9.87. The van der Waals surface area contributed by atoms with Crippen molar-refractivity contribution in [3.05, 3.63) is 48.6 Å². The van der Waals surface area contributed by atoms with Gasteiger partial charge in [0.15, 0.2) is 24.0 Å². The molecule has 12 nitrogen and oxygen atoms in total. The summed E-state index contributed by atoms with van der Waals surface area (Å²) in [5, 5.41) is 40.1. The standard InChI is InChI=1S/C43H66O12/c1-3-5-11-19-33-30(23-25-35(33)45)17-13-8-7-9-15-21-38(47)52-28-32(29-53-43-42(51)41(50)40(49)37(27-44)55-43)54-39(48)22-16-10-14-18-31-24-26-36(46)34(31)20-12-6-4-2/h5-6,11-12,23-26,30-34,37,40-44,49-51H,3-4,7-10,13-22,27-29H2,1-2H3/b11-5-,12-6-/t30-,31-,32-,33-,34-,37-,40+,41+,42-,43-/m1/s1. The van der Waals surface area contributed by atoms with Crippen molar-refractivity contribution < 1.29 is 58.6 Å². The fourth-order valence-corrected chi connectivity index (χ4v) is 7.40. The summed E-state index contributed by atoms with van der Waals surface area (Å²) in [7, 11) is 0. The van der Waals surface area contributed by atoms with E-state index >= 15 is 0 Å². The highest BCUT2D eigenvalue weighted by Gasteiger charge is 2.44. The van der Waals surface area contributed by atoms with Gasteiger partial charge in [-0.05, 0) is 75.4 Å². The van der Waals surface area contributed by atoms with E-state index < -0.39 is 55.4 Å². The van der Waals surface area contributed by atoms with Crippen molar-refractivity contribution in [1.82, 2.24) is 0 Å². The van der Waals surface area contributed by atoms with Crippen molar-refractivity contribution in [2.24, 2.45) is 23.7 Å². The van der Waals surface area contributed by atoms with Crippen LogP contribution in [0.1, 0.15) is 117 Å². The first-order valence-corrected chi connectivity index (χ1v) is 20.6. The van der Waals surface area contributed by atoms with Gasteiger partial charge in [0.2, 0.25) is 0 Å². The van der Waals surface area contributed by atoms with Crippen LogP contribution in [0.15, 0.2) is 48.6 Å². The fourth-order valence-electron chi connectivity index (χ4n) is 7.40. The Labute approximate surface area is 327 Å². The van der Waals surface area contributed by atoms with Crippen molar-refractivity contribution in [3.63, 3.8) is 0 Å². The number of hydrogen-bond donors (Lipinski definition) is 4. The highest BCUT2D eigenvalue weighted by atomic mass is 16.7. The van der Waals surface area contributed by atoms with Gasteiger partial charge in [-0.1, -0.05) is 88.8 Å². The average Bonchev–Trinajstić information content (AvgIpc) is 3.71. The fraction of sp³-hybridized carbons (Fsp3) is 0.721. The third kappa shape index (κ3) is 16.2. The number of carbonyl (C=O) groups excluding carboxylic acids is 4. The molecule has 4 N–H and O–H groups in total. The first kappa shape index (κ1) is 46.4. The van der Waals surface area contributed by atoms with E-state index in [1.165, 1.54) is 0 Å². The molecule has 55 heavy (non-hydrogen) atoms. The Morgan fingerprint density at radius 2 is 1.24 bits per heavy atom. The van der Waals surface area contributed by atoms with Crippen molar-refractivity contribution in [2.75, 3.05) is 19.8 Å². The van der Waals surface area contributed by atoms with Gasteiger partial charge in [-0.3, -0.25) is 19.2 Å². The summed E-state index contributed by atoms with van der Waals surface area (Å²) in [5.41, 5.74) is 0. The van der Waals surface area contributed by atoms with E-state index in [2.05, 4.69) is 38.2 Å². The van der Waals surface area contributed by atoms with Gasteiger partial charge >= 0.3 is 11.9 Å².